The number of benzene rings is 1. The second kappa shape index (κ2) is 5.58. The zero-order valence-electron chi connectivity index (χ0n) is 10.1. The molecule has 0 unspecified atom stereocenters. The molecule has 0 fully saturated rings. The minimum atomic E-state index is -1.23. The van der Waals surface area contributed by atoms with E-state index in [0.717, 1.165) is 0 Å². The average Bonchev–Trinajstić information content (AvgIpc) is 2.39. The van der Waals surface area contributed by atoms with Gasteiger partial charge in [0.1, 0.15) is 11.3 Å². The fraction of sp³-hybridized carbons (Fsp3) is 0. The topological polar surface area (TPSA) is 105 Å². The van der Waals surface area contributed by atoms with Crippen LogP contribution in [-0.4, -0.2) is 22.0 Å². The number of nitrogens with one attached hydrogen (secondary N) is 1. The summed E-state index contributed by atoms with van der Waals surface area (Å²) in [5.74, 6) is -1.77. The molecule has 0 saturated carbocycles. The van der Waals surface area contributed by atoms with Crippen molar-refractivity contribution in [1.29, 1.82) is 0 Å². The van der Waals surface area contributed by atoms with Gasteiger partial charge in [0.2, 0.25) is 0 Å². The van der Waals surface area contributed by atoms with E-state index in [2.05, 4.69) is 10.3 Å². The number of hydrogen-bond donors (Lipinski definition) is 3. The lowest BCUT2D eigenvalue weighted by Gasteiger charge is -2.09. The van der Waals surface area contributed by atoms with Crippen LogP contribution in [0.2, 0.25) is 5.02 Å². The summed E-state index contributed by atoms with van der Waals surface area (Å²) in [7, 11) is 0. The van der Waals surface area contributed by atoms with Crippen LogP contribution in [0.1, 0.15) is 20.8 Å². The number of carbonyl (C=O) groups is 2. The molecule has 20 heavy (non-hydrogen) atoms. The summed E-state index contributed by atoms with van der Waals surface area (Å²) in [5, 5.41) is 11.6. The Morgan fingerprint density at radius 1 is 1.25 bits per heavy atom. The summed E-state index contributed by atoms with van der Waals surface area (Å²) in [6, 6.07) is 7.39. The van der Waals surface area contributed by atoms with Crippen molar-refractivity contribution >= 4 is 34.9 Å². The lowest BCUT2D eigenvalue weighted by atomic mass is 10.1. The van der Waals surface area contributed by atoms with Gasteiger partial charge in [-0.05, 0) is 24.3 Å². The largest absolute Gasteiger partial charge is 0.478 e. The van der Waals surface area contributed by atoms with Crippen molar-refractivity contribution in [3.05, 3.63) is 52.8 Å². The lowest BCUT2D eigenvalue weighted by molar-refractivity contribution is 0.0698. The Morgan fingerprint density at radius 3 is 2.60 bits per heavy atom. The number of halogens is 1. The molecule has 1 heterocycles. The molecule has 2 aromatic rings. The predicted molar refractivity (Wildman–Crippen MR) is 75.0 cm³/mol. The first kappa shape index (κ1) is 13.8. The molecule has 0 saturated heterocycles. The molecule has 0 aliphatic carbocycles. The molecule has 0 radical (unpaired) electrons. The van der Waals surface area contributed by atoms with Crippen LogP contribution >= 0.6 is 11.6 Å². The van der Waals surface area contributed by atoms with Crippen LogP contribution < -0.4 is 11.1 Å². The van der Waals surface area contributed by atoms with Crippen molar-refractivity contribution in [1.82, 2.24) is 4.98 Å². The van der Waals surface area contributed by atoms with Gasteiger partial charge in [-0.1, -0.05) is 17.7 Å². The van der Waals surface area contributed by atoms with Gasteiger partial charge in [-0.2, -0.15) is 0 Å². The molecule has 7 heteroatoms. The van der Waals surface area contributed by atoms with Crippen LogP contribution in [0.25, 0.3) is 0 Å². The van der Waals surface area contributed by atoms with Crippen molar-refractivity contribution in [2.75, 3.05) is 11.1 Å². The van der Waals surface area contributed by atoms with Crippen molar-refractivity contribution in [3.8, 4) is 0 Å². The maximum Gasteiger partial charge on any atom is 0.339 e. The molecule has 0 atom stereocenters. The van der Waals surface area contributed by atoms with E-state index >= 15 is 0 Å². The van der Waals surface area contributed by atoms with Gasteiger partial charge in [-0.25, -0.2) is 9.78 Å². The summed E-state index contributed by atoms with van der Waals surface area (Å²) in [5.41, 5.74) is 5.96. The van der Waals surface area contributed by atoms with Crippen molar-refractivity contribution in [2.24, 2.45) is 0 Å². The van der Waals surface area contributed by atoms with E-state index < -0.39 is 11.9 Å². The normalized spacial score (nSPS) is 10.1. The SMILES string of the molecule is Nc1ccc(C(=O)Nc2cccc(Cl)c2C(=O)O)nc1. The van der Waals surface area contributed by atoms with Crippen LogP contribution in [0.5, 0.6) is 0 Å². The predicted octanol–water partition coefficient (Wildman–Crippen LogP) is 2.27. The molecule has 1 aromatic carbocycles. The maximum atomic E-state index is 12.0. The zero-order chi connectivity index (χ0) is 14.7. The smallest absolute Gasteiger partial charge is 0.339 e. The van der Waals surface area contributed by atoms with Gasteiger partial charge in [0.05, 0.1) is 22.6 Å². The van der Waals surface area contributed by atoms with Gasteiger partial charge in [-0.3, -0.25) is 4.79 Å². The molecule has 0 spiro atoms. The van der Waals surface area contributed by atoms with Crippen LogP contribution in [0.4, 0.5) is 11.4 Å². The van der Waals surface area contributed by atoms with Crippen LogP contribution in [0.3, 0.4) is 0 Å². The van der Waals surface area contributed by atoms with E-state index in [9.17, 15) is 9.59 Å². The number of hydrogen-bond acceptors (Lipinski definition) is 4. The highest BCUT2D eigenvalue weighted by Gasteiger charge is 2.17. The van der Waals surface area contributed by atoms with Crippen molar-refractivity contribution < 1.29 is 14.7 Å². The second-order valence-electron chi connectivity index (χ2n) is 3.90. The van der Waals surface area contributed by atoms with E-state index in [1.165, 1.54) is 30.5 Å². The average molecular weight is 292 g/mol. The summed E-state index contributed by atoms with van der Waals surface area (Å²) >= 11 is 5.81. The highest BCUT2D eigenvalue weighted by atomic mass is 35.5. The summed E-state index contributed by atoms with van der Waals surface area (Å²) in [6.45, 7) is 0. The number of nitrogens with zero attached hydrogens (tertiary/aromatic N) is 1. The zero-order valence-corrected chi connectivity index (χ0v) is 10.9. The Labute approximate surface area is 119 Å². The minimum Gasteiger partial charge on any atom is -0.478 e. The highest BCUT2D eigenvalue weighted by molar-refractivity contribution is 6.34. The molecular weight excluding hydrogens is 282 g/mol. The van der Waals surface area contributed by atoms with E-state index in [1.807, 2.05) is 0 Å². The molecule has 4 N–H and O–H groups in total. The molecule has 6 nitrogen and oxygen atoms in total. The molecule has 1 aromatic heterocycles. The van der Waals surface area contributed by atoms with Crippen LogP contribution in [0, 0.1) is 0 Å². The third kappa shape index (κ3) is 2.86. The number of carboxylic acids is 1. The quantitative estimate of drug-likeness (QED) is 0.804. The minimum absolute atomic E-state index is 0.0422. The van der Waals surface area contributed by atoms with E-state index in [-0.39, 0.29) is 22.0 Å². The van der Waals surface area contributed by atoms with Crippen molar-refractivity contribution in [2.45, 2.75) is 0 Å². The number of pyridine rings is 1. The number of amides is 1. The van der Waals surface area contributed by atoms with Crippen LogP contribution in [0.15, 0.2) is 36.5 Å². The fourth-order valence-electron chi connectivity index (χ4n) is 1.57. The molecular formula is C13H10ClN3O3. The van der Waals surface area contributed by atoms with Crippen LogP contribution in [-0.2, 0) is 0 Å². The molecule has 2 rings (SSSR count). The van der Waals surface area contributed by atoms with Gasteiger partial charge < -0.3 is 16.2 Å². The molecule has 102 valence electrons. The number of aromatic carboxylic acids is 1. The van der Waals surface area contributed by atoms with Gasteiger partial charge in [-0.15, -0.1) is 0 Å². The summed E-state index contributed by atoms with van der Waals surface area (Å²) in [4.78, 5) is 27.0. The first-order valence-corrected chi connectivity index (χ1v) is 5.91. The first-order chi connectivity index (χ1) is 9.49. The number of rotatable bonds is 3. The Kier molecular flexibility index (Phi) is 3.86. The first-order valence-electron chi connectivity index (χ1n) is 5.53. The van der Waals surface area contributed by atoms with Gasteiger partial charge >= 0.3 is 5.97 Å². The van der Waals surface area contributed by atoms with Crippen molar-refractivity contribution in [3.63, 3.8) is 0 Å². The third-order valence-electron chi connectivity index (χ3n) is 2.49. The molecule has 0 aliphatic heterocycles. The maximum absolute atomic E-state index is 12.0. The Morgan fingerprint density at radius 2 is 2.00 bits per heavy atom. The number of aromatic nitrogens is 1. The number of carbonyl (C=O) groups excluding carboxylic acids is 1. The molecule has 0 bridgehead atoms. The Balaban J connectivity index is 2.30. The van der Waals surface area contributed by atoms with Gasteiger partial charge in [0.15, 0.2) is 0 Å². The van der Waals surface area contributed by atoms with E-state index in [4.69, 9.17) is 22.4 Å². The third-order valence-corrected chi connectivity index (χ3v) is 2.81. The van der Waals surface area contributed by atoms with Gasteiger partial charge in [0, 0.05) is 0 Å². The van der Waals surface area contributed by atoms with E-state index in [1.54, 1.807) is 6.07 Å². The summed E-state index contributed by atoms with van der Waals surface area (Å²) < 4.78 is 0. The lowest BCUT2D eigenvalue weighted by Crippen LogP contribution is -2.16. The number of nitrogens with two attached hydrogens (primary N) is 1. The number of anilines is 2. The van der Waals surface area contributed by atoms with Gasteiger partial charge in [0.25, 0.3) is 5.91 Å². The fourth-order valence-corrected chi connectivity index (χ4v) is 1.83. The second-order valence-corrected chi connectivity index (χ2v) is 4.31. The standard InChI is InChI=1S/C13H10ClN3O3/c14-8-2-1-3-9(11(8)13(19)20)17-12(18)10-5-4-7(15)6-16-10/h1-6H,15H2,(H,17,18)(H,19,20). The molecule has 0 aliphatic rings. The Hall–Kier alpha value is -2.60. The Bertz CT molecular complexity index is 671. The molecule has 1 amide bonds. The summed E-state index contributed by atoms with van der Waals surface area (Å²) in [6.07, 6.45) is 1.34. The number of nitrogen functional groups attached to an aromatic ring is 1. The van der Waals surface area contributed by atoms with E-state index in [0.29, 0.717) is 5.69 Å². The highest BCUT2D eigenvalue weighted by Crippen LogP contribution is 2.24. The monoisotopic (exact) mass is 291 g/mol. The number of carboxylic acid groups (broad SMARTS) is 1.